The summed E-state index contributed by atoms with van der Waals surface area (Å²) in [6.45, 7) is 2.69. The van der Waals surface area contributed by atoms with Crippen LogP contribution in [0.4, 0.5) is 0 Å². The van der Waals surface area contributed by atoms with E-state index >= 15 is 0 Å². The maximum Gasteiger partial charge on any atom is 0.191 e. The molecule has 0 bridgehead atoms. The zero-order valence-electron chi connectivity index (χ0n) is 13.1. The molecular formula is C17H23N5. The normalized spacial score (nSPS) is 16.0. The fourth-order valence-electron chi connectivity index (χ4n) is 2.81. The Morgan fingerprint density at radius 2 is 2.05 bits per heavy atom. The Labute approximate surface area is 131 Å². The maximum absolute atomic E-state index is 6.11. The van der Waals surface area contributed by atoms with E-state index in [0.717, 1.165) is 24.2 Å². The second kappa shape index (κ2) is 6.64. The predicted molar refractivity (Wildman–Crippen MR) is 89.4 cm³/mol. The summed E-state index contributed by atoms with van der Waals surface area (Å²) in [6, 6.07) is 8.40. The van der Waals surface area contributed by atoms with Crippen molar-refractivity contribution in [2.75, 3.05) is 13.1 Å². The van der Waals surface area contributed by atoms with Crippen LogP contribution in [0.25, 0.3) is 11.1 Å². The maximum atomic E-state index is 6.11. The molecule has 0 spiro atoms. The minimum absolute atomic E-state index is 0.621. The van der Waals surface area contributed by atoms with Crippen molar-refractivity contribution in [2.24, 2.45) is 17.8 Å². The van der Waals surface area contributed by atoms with E-state index in [9.17, 15) is 0 Å². The number of rotatable bonds is 3. The Kier molecular flexibility index (Phi) is 4.42. The van der Waals surface area contributed by atoms with Gasteiger partial charge in [0.05, 0.1) is 12.7 Å². The molecule has 22 heavy (non-hydrogen) atoms. The Balaban J connectivity index is 1.70. The van der Waals surface area contributed by atoms with E-state index in [1.807, 2.05) is 24.1 Å². The molecule has 0 unspecified atom stereocenters. The number of nitrogens with zero attached hydrogens (tertiary/aromatic N) is 4. The standard InChI is InChI=1S/C17H23N5/c1-21-13-16(12-20-21)15-7-5-6-14(10-15)11-19-17(18)22-8-3-2-4-9-22/h5-7,10,12-13H,2-4,8-9,11H2,1H3,(H2,18,19). The van der Waals surface area contributed by atoms with Gasteiger partial charge in [-0.1, -0.05) is 18.2 Å². The van der Waals surface area contributed by atoms with Crippen LogP contribution in [0, 0.1) is 0 Å². The molecule has 0 atom stereocenters. The summed E-state index contributed by atoms with van der Waals surface area (Å²) >= 11 is 0. The van der Waals surface area contributed by atoms with Gasteiger partial charge in [0.15, 0.2) is 5.96 Å². The average molecular weight is 297 g/mol. The van der Waals surface area contributed by atoms with Crippen LogP contribution in [0.3, 0.4) is 0 Å². The Bertz CT molecular complexity index is 653. The molecule has 1 fully saturated rings. The van der Waals surface area contributed by atoms with Crippen LogP contribution in [0.2, 0.25) is 0 Å². The van der Waals surface area contributed by atoms with Gasteiger partial charge in [-0.25, -0.2) is 4.99 Å². The Morgan fingerprint density at radius 3 is 2.77 bits per heavy atom. The number of hydrogen-bond donors (Lipinski definition) is 1. The highest BCUT2D eigenvalue weighted by Crippen LogP contribution is 2.20. The lowest BCUT2D eigenvalue weighted by Gasteiger charge is -2.27. The van der Waals surface area contributed by atoms with Gasteiger partial charge in [-0.2, -0.15) is 5.10 Å². The number of aryl methyl sites for hydroxylation is 1. The summed E-state index contributed by atoms with van der Waals surface area (Å²) in [4.78, 5) is 6.75. The van der Waals surface area contributed by atoms with E-state index in [-0.39, 0.29) is 0 Å². The van der Waals surface area contributed by atoms with E-state index in [4.69, 9.17) is 5.73 Å². The number of piperidine rings is 1. The molecule has 5 heteroatoms. The van der Waals surface area contributed by atoms with Crippen LogP contribution >= 0.6 is 0 Å². The second-order valence-electron chi connectivity index (χ2n) is 5.83. The number of guanidine groups is 1. The van der Waals surface area contributed by atoms with Crippen LogP contribution in [0.5, 0.6) is 0 Å². The summed E-state index contributed by atoms with van der Waals surface area (Å²) in [7, 11) is 1.93. The number of hydrogen-bond acceptors (Lipinski definition) is 2. The molecule has 2 aromatic rings. The van der Waals surface area contributed by atoms with Crippen molar-refractivity contribution in [3.8, 4) is 11.1 Å². The number of likely N-dealkylation sites (tertiary alicyclic amines) is 1. The number of aliphatic imine (C=N–C) groups is 1. The first-order valence-corrected chi connectivity index (χ1v) is 7.85. The minimum atomic E-state index is 0.621. The highest BCUT2D eigenvalue weighted by Gasteiger charge is 2.11. The smallest absolute Gasteiger partial charge is 0.191 e. The SMILES string of the molecule is Cn1cc(-c2cccc(CN=C(N)N3CCCCC3)c2)cn1. The second-order valence-corrected chi connectivity index (χ2v) is 5.83. The van der Waals surface area contributed by atoms with Gasteiger partial charge in [0.2, 0.25) is 0 Å². The molecule has 2 heterocycles. The third-order valence-electron chi connectivity index (χ3n) is 4.07. The topological polar surface area (TPSA) is 59.4 Å². The van der Waals surface area contributed by atoms with Gasteiger partial charge in [-0.15, -0.1) is 0 Å². The molecule has 0 radical (unpaired) electrons. The fraction of sp³-hybridized carbons (Fsp3) is 0.412. The van der Waals surface area contributed by atoms with Crippen LogP contribution in [0.15, 0.2) is 41.7 Å². The lowest BCUT2D eigenvalue weighted by Crippen LogP contribution is -2.40. The zero-order chi connectivity index (χ0) is 15.4. The molecule has 1 aromatic heterocycles. The third-order valence-corrected chi connectivity index (χ3v) is 4.07. The molecular weight excluding hydrogens is 274 g/mol. The number of benzene rings is 1. The zero-order valence-corrected chi connectivity index (χ0v) is 13.1. The van der Waals surface area contributed by atoms with Crippen molar-refractivity contribution in [2.45, 2.75) is 25.8 Å². The first-order chi connectivity index (χ1) is 10.7. The monoisotopic (exact) mass is 297 g/mol. The quantitative estimate of drug-likeness (QED) is 0.699. The first kappa shape index (κ1) is 14.6. The van der Waals surface area contributed by atoms with Crippen LogP contribution in [-0.2, 0) is 13.6 Å². The minimum Gasteiger partial charge on any atom is -0.370 e. The Hall–Kier alpha value is -2.30. The molecule has 116 valence electrons. The summed E-state index contributed by atoms with van der Waals surface area (Å²) in [5.74, 6) is 0.673. The van der Waals surface area contributed by atoms with E-state index < -0.39 is 0 Å². The Morgan fingerprint density at radius 1 is 1.23 bits per heavy atom. The van der Waals surface area contributed by atoms with Crippen LogP contribution in [-0.4, -0.2) is 33.7 Å². The molecule has 5 nitrogen and oxygen atoms in total. The van der Waals surface area contributed by atoms with Gasteiger partial charge in [0.1, 0.15) is 0 Å². The lowest BCUT2D eigenvalue weighted by molar-refractivity contribution is 0.338. The summed E-state index contributed by atoms with van der Waals surface area (Å²) in [5.41, 5.74) is 9.57. The van der Waals surface area contributed by atoms with Gasteiger partial charge < -0.3 is 10.6 Å². The average Bonchev–Trinajstić information content (AvgIpc) is 3.00. The van der Waals surface area contributed by atoms with Gasteiger partial charge in [-0.05, 0) is 36.5 Å². The molecule has 0 saturated carbocycles. The fourth-order valence-corrected chi connectivity index (χ4v) is 2.81. The third kappa shape index (κ3) is 3.47. The number of aromatic nitrogens is 2. The van der Waals surface area contributed by atoms with E-state index in [0.29, 0.717) is 12.5 Å². The summed E-state index contributed by atoms with van der Waals surface area (Å²) < 4.78 is 1.81. The van der Waals surface area contributed by atoms with Gasteiger partial charge in [0.25, 0.3) is 0 Å². The molecule has 1 aliphatic rings. The molecule has 1 aromatic carbocycles. The van der Waals surface area contributed by atoms with E-state index in [1.54, 1.807) is 0 Å². The molecule has 2 N–H and O–H groups in total. The highest BCUT2D eigenvalue weighted by atomic mass is 15.3. The van der Waals surface area contributed by atoms with E-state index in [2.05, 4.69) is 39.3 Å². The summed E-state index contributed by atoms with van der Waals surface area (Å²) in [6.07, 6.45) is 7.63. The molecule has 3 rings (SSSR count). The largest absolute Gasteiger partial charge is 0.370 e. The highest BCUT2D eigenvalue weighted by molar-refractivity contribution is 5.78. The lowest BCUT2D eigenvalue weighted by atomic mass is 10.1. The molecule has 1 aliphatic heterocycles. The molecule has 0 amide bonds. The van der Waals surface area contributed by atoms with Crippen molar-refractivity contribution in [3.63, 3.8) is 0 Å². The predicted octanol–water partition coefficient (Wildman–Crippen LogP) is 2.39. The number of nitrogens with two attached hydrogens (primary N) is 1. The van der Waals surface area contributed by atoms with Crippen molar-refractivity contribution in [1.29, 1.82) is 0 Å². The van der Waals surface area contributed by atoms with Gasteiger partial charge in [0, 0.05) is 31.9 Å². The molecule has 0 aliphatic carbocycles. The van der Waals surface area contributed by atoms with E-state index in [1.165, 1.54) is 24.8 Å². The van der Waals surface area contributed by atoms with Crippen molar-refractivity contribution < 1.29 is 0 Å². The van der Waals surface area contributed by atoms with Crippen LogP contribution in [0.1, 0.15) is 24.8 Å². The first-order valence-electron chi connectivity index (χ1n) is 7.85. The van der Waals surface area contributed by atoms with Crippen molar-refractivity contribution in [3.05, 3.63) is 42.2 Å². The van der Waals surface area contributed by atoms with Crippen molar-refractivity contribution in [1.82, 2.24) is 14.7 Å². The van der Waals surface area contributed by atoms with Crippen LogP contribution < -0.4 is 5.73 Å². The molecule has 1 saturated heterocycles. The van der Waals surface area contributed by atoms with Gasteiger partial charge in [-0.3, -0.25) is 4.68 Å². The summed E-state index contributed by atoms with van der Waals surface area (Å²) in [5, 5.41) is 4.22. The van der Waals surface area contributed by atoms with Gasteiger partial charge >= 0.3 is 0 Å². The van der Waals surface area contributed by atoms with Crippen molar-refractivity contribution >= 4 is 5.96 Å².